The normalized spacial score (nSPS) is 25.6. The molecule has 2 N–H and O–H groups in total. The molecule has 4 nitrogen and oxygen atoms in total. The van der Waals surface area contributed by atoms with Gasteiger partial charge in [-0.05, 0) is 51.7 Å². The van der Waals surface area contributed by atoms with Gasteiger partial charge in [0.05, 0.1) is 0 Å². The van der Waals surface area contributed by atoms with Crippen molar-refractivity contribution in [3.05, 3.63) is 0 Å². The molecule has 1 heterocycles. The van der Waals surface area contributed by atoms with Crippen LogP contribution in [0.1, 0.15) is 51.4 Å². The van der Waals surface area contributed by atoms with Crippen LogP contribution in [0.25, 0.3) is 0 Å². The molecule has 2 fully saturated rings. The molecule has 4 heteroatoms. The quantitative estimate of drug-likeness (QED) is 0.780. The van der Waals surface area contributed by atoms with Crippen molar-refractivity contribution in [2.75, 3.05) is 33.2 Å². The van der Waals surface area contributed by atoms with Crippen LogP contribution < -0.4 is 10.6 Å². The zero-order valence-electron chi connectivity index (χ0n) is 13.0. The van der Waals surface area contributed by atoms with E-state index >= 15 is 0 Å². The lowest BCUT2D eigenvalue weighted by Gasteiger charge is -2.32. The van der Waals surface area contributed by atoms with Crippen molar-refractivity contribution < 1.29 is 4.79 Å². The van der Waals surface area contributed by atoms with E-state index in [1.54, 1.807) is 0 Å². The van der Waals surface area contributed by atoms with Crippen molar-refractivity contribution in [1.82, 2.24) is 15.5 Å². The SMILES string of the molecule is CNCC1CCCN(CCC(=O)NC2CCCCC2)C1. The Kier molecular flexibility index (Phi) is 6.80. The molecule has 1 aliphatic carbocycles. The van der Waals surface area contributed by atoms with Gasteiger partial charge in [-0.2, -0.15) is 0 Å². The molecule has 1 unspecified atom stereocenters. The van der Waals surface area contributed by atoms with E-state index in [1.165, 1.54) is 44.9 Å². The summed E-state index contributed by atoms with van der Waals surface area (Å²) >= 11 is 0. The molecular weight excluding hydrogens is 250 g/mol. The predicted octanol–water partition coefficient (Wildman–Crippen LogP) is 1.76. The van der Waals surface area contributed by atoms with E-state index in [2.05, 4.69) is 15.5 Å². The molecule has 1 atom stereocenters. The lowest BCUT2D eigenvalue weighted by Crippen LogP contribution is -2.42. The Labute approximate surface area is 123 Å². The topological polar surface area (TPSA) is 44.4 Å². The zero-order chi connectivity index (χ0) is 14.2. The third-order valence-corrected chi connectivity index (χ3v) is 4.72. The van der Waals surface area contributed by atoms with Gasteiger partial charge in [-0.1, -0.05) is 19.3 Å². The largest absolute Gasteiger partial charge is 0.353 e. The van der Waals surface area contributed by atoms with E-state index in [-0.39, 0.29) is 5.91 Å². The summed E-state index contributed by atoms with van der Waals surface area (Å²) in [5.41, 5.74) is 0. The van der Waals surface area contributed by atoms with Crippen LogP contribution in [0.15, 0.2) is 0 Å². The lowest BCUT2D eigenvalue weighted by molar-refractivity contribution is -0.122. The predicted molar refractivity (Wildman–Crippen MR) is 82.7 cm³/mol. The average molecular weight is 281 g/mol. The number of nitrogens with one attached hydrogen (secondary N) is 2. The molecule has 0 aromatic heterocycles. The molecule has 2 rings (SSSR count). The fraction of sp³-hybridized carbons (Fsp3) is 0.938. The van der Waals surface area contributed by atoms with Crippen LogP contribution in [0.3, 0.4) is 0 Å². The van der Waals surface area contributed by atoms with Crippen LogP contribution >= 0.6 is 0 Å². The minimum Gasteiger partial charge on any atom is -0.353 e. The van der Waals surface area contributed by atoms with Gasteiger partial charge in [0.15, 0.2) is 0 Å². The van der Waals surface area contributed by atoms with Gasteiger partial charge in [0.25, 0.3) is 0 Å². The molecule has 2 aliphatic rings. The number of rotatable bonds is 6. The maximum atomic E-state index is 12.0. The van der Waals surface area contributed by atoms with Crippen molar-refractivity contribution in [1.29, 1.82) is 0 Å². The summed E-state index contributed by atoms with van der Waals surface area (Å²) in [5, 5.41) is 6.49. The van der Waals surface area contributed by atoms with Gasteiger partial charge in [0, 0.05) is 25.6 Å². The first-order valence-electron chi connectivity index (χ1n) is 8.44. The number of likely N-dealkylation sites (tertiary alicyclic amines) is 1. The summed E-state index contributed by atoms with van der Waals surface area (Å²) in [4.78, 5) is 14.5. The summed E-state index contributed by atoms with van der Waals surface area (Å²) in [6.07, 6.45) is 9.53. The number of carbonyl (C=O) groups is 1. The molecule has 1 amide bonds. The van der Waals surface area contributed by atoms with Crippen molar-refractivity contribution in [3.63, 3.8) is 0 Å². The highest BCUT2D eigenvalue weighted by atomic mass is 16.1. The number of carbonyl (C=O) groups excluding carboxylic acids is 1. The Morgan fingerprint density at radius 1 is 1.15 bits per heavy atom. The van der Waals surface area contributed by atoms with Gasteiger partial charge in [0.1, 0.15) is 0 Å². The molecule has 0 aromatic rings. The van der Waals surface area contributed by atoms with Gasteiger partial charge in [-0.25, -0.2) is 0 Å². The first-order chi connectivity index (χ1) is 9.78. The Hall–Kier alpha value is -0.610. The average Bonchev–Trinajstić information content (AvgIpc) is 2.47. The molecule has 116 valence electrons. The van der Waals surface area contributed by atoms with Crippen LogP contribution in [-0.2, 0) is 4.79 Å². The van der Waals surface area contributed by atoms with Gasteiger partial charge < -0.3 is 15.5 Å². The molecule has 0 aromatic carbocycles. The molecular formula is C16H31N3O. The van der Waals surface area contributed by atoms with Crippen LogP contribution in [-0.4, -0.2) is 50.1 Å². The monoisotopic (exact) mass is 281 g/mol. The van der Waals surface area contributed by atoms with E-state index in [1.807, 2.05) is 7.05 Å². The number of hydrogen-bond acceptors (Lipinski definition) is 3. The van der Waals surface area contributed by atoms with Crippen molar-refractivity contribution in [2.24, 2.45) is 5.92 Å². The fourth-order valence-electron chi connectivity index (χ4n) is 3.62. The zero-order valence-corrected chi connectivity index (χ0v) is 13.0. The number of piperidine rings is 1. The molecule has 20 heavy (non-hydrogen) atoms. The van der Waals surface area contributed by atoms with E-state index in [0.29, 0.717) is 12.5 Å². The van der Waals surface area contributed by atoms with Crippen LogP contribution in [0.5, 0.6) is 0 Å². The molecule has 1 saturated heterocycles. The highest BCUT2D eigenvalue weighted by Gasteiger charge is 2.20. The minimum atomic E-state index is 0.257. The minimum absolute atomic E-state index is 0.257. The van der Waals surface area contributed by atoms with E-state index in [9.17, 15) is 4.79 Å². The number of hydrogen-bond donors (Lipinski definition) is 2. The molecule has 0 spiro atoms. The van der Waals surface area contributed by atoms with Gasteiger partial charge >= 0.3 is 0 Å². The summed E-state index contributed by atoms with van der Waals surface area (Å²) in [5.74, 6) is 1.02. The standard InChI is InChI=1S/C16H31N3O/c1-17-12-14-6-5-10-19(13-14)11-9-16(20)18-15-7-3-2-4-8-15/h14-15,17H,2-13H2,1H3,(H,18,20). The van der Waals surface area contributed by atoms with E-state index in [4.69, 9.17) is 0 Å². The number of amides is 1. The maximum absolute atomic E-state index is 12.0. The maximum Gasteiger partial charge on any atom is 0.221 e. The third-order valence-electron chi connectivity index (χ3n) is 4.72. The summed E-state index contributed by atoms with van der Waals surface area (Å²) in [6, 6.07) is 0.453. The Balaban J connectivity index is 1.62. The second-order valence-electron chi connectivity index (χ2n) is 6.52. The Morgan fingerprint density at radius 2 is 1.95 bits per heavy atom. The van der Waals surface area contributed by atoms with Crippen LogP contribution in [0, 0.1) is 5.92 Å². The highest BCUT2D eigenvalue weighted by Crippen LogP contribution is 2.18. The van der Waals surface area contributed by atoms with Gasteiger partial charge in [-0.3, -0.25) is 4.79 Å². The summed E-state index contributed by atoms with van der Waals surface area (Å²) < 4.78 is 0. The molecule has 1 aliphatic heterocycles. The molecule has 0 radical (unpaired) electrons. The first kappa shape index (κ1) is 15.8. The lowest BCUT2D eigenvalue weighted by atomic mass is 9.95. The summed E-state index contributed by atoms with van der Waals surface area (Å²) in [7, 11) is 2.02. The van der Waals surface area contributed by atoms with Crippen molar-refractivity contribution >= 4 is 5.91 Å². The van der Waals surface area contributed by atoms with Crippen molar-refractivity contribution in [3.8, 4) is 0 Å². The second kappa shape index (κ2) is 8.63. The smallest absolute Gasteiger partial charge is 0.221 e. The third kappa shape index (κ3) is 5.41. The second-order valence-corrected chi connectivity index (χ2v) is 6.52. The molecule has 1 saturated carbocycles. The number of nitrogens with zero attached hydrogens (tertiary/aromatic N) is 1. The van der Waals surface area contributed by atoms with Gasteiger partial charge in [0.2, 0.25) is 5.91 Å². The van der Waals surface area contributed by atoms with Gasteiger partial charge in [-0.15, -0.1) is 0 Å². The Bertz CT molecular complexity index is 287. The van der Waals surface area contributed by atoms with E-state index < -0.39 is 0 Å². The van der Waals surface area contributed by atoms with Crippen molar-refractivity contribution in [2.45, 2.75) is 57.4 Å². The first-order valence-corrected chi connectivity index (χ1v) is 8.44. The fourth-order valence-corrected chi connectivity index (χ4v) is 3.62. The highest BCUT2D eigenvalue weighted by molar-refractivity contribution is 5.76. The van der Waals surface area contributed by atoms with Crippen LogP contribution in [0.4, 0.5) is 0 Å². The summed E-state index contributed by atoms with van der Waals surface area (Å²) in [6.45, 7) is 4.35. The van der Waals surface area contributed by atoms with E-state index in [0.717, 1.165) is 32.1 Å². The molecule has 0 bridgehead atoms. The van der Waals surface area contributed by atoms with Crippen LogP contribution in [0.2, 0.25) is 0 Å². The Morgan fingerprint density at radius 3 is 2.70 bits per heavy atom.